The van der Waals surface area contributed by atoms with Crippen LogP contribution in [0.3, 0.4) is 0 Å². The predicted molar refractivity (Wildman–Crippen MR) is 93.8 cm³/mol. The van der Waals surface area contributed by atoms with E-state index in [1.54, 1.807) is 10.9 Å². The fraction of sp³-hybridized carbons (Fsp3) is 0.412. The van der Waals surface area contributed by atoms with Crippen LogP contribution in [0.5, 0.6) is 0 Å². The van der Waals surface area contributed by atoms with Gasteiger partial charge in [-0.3, -0.25) is 4.79 Å². The third kappa shape index (κ3) is 3.45. The standard InChI is InChI=1S/C17H21ClN4O2/c1-3-14-13(20-17(23)16-11-21(2)8-9-24-16)10-19-22(14)15-7-5-4-6-12(15)18/h4-7,10,16H,3,8-9,11H2,1-2H3,(H,20,23). The van der Waals surface area contributed by atoms with Gasteiger partial charge in [0, 0.05) is 13.1 Å². The maximum absolute atomic E-state index is 12.5. The van der Waals surface area contributed by atoms with Gasteiger partial charge in [-0.2, -0.15) is 5.10 Å². The normalized spacial score (nSPS) is 18.5. The Balaban J connectivity index is 1.82. The maximum atomic E-state index is 12.5. The van der Waals surface area contributed by atoms with E-state index in [-0.39, 0.29) is 5.91 Å². The molecule has 1 amide bonds. The van der Waals surface area contributed by atoms with E-state index in [4.69, 9.17) is 16.3 Å². The van der Waals surface area contributed by atoms with Crippen LogP contribution < -0.4 is 5.32 Å². The average molecular weight is 349 g/mol. The summed E-state index contributed by atoms with van der Waals surface area (Å²) >= 11 is 6.27. The Labute approximate surface area is 146 Å². The number of nitrogens with one attached hydrogen (secondary N) is 1. The summed E-state index contributed by atoms with van der Waals surface area (Å²) in [5.41, 5.74) is 2.39. The number of anilines is 1. The molecule has 1 aliphatic rings. The molecule has 2 aromatic rings. The van der Waals surface area contributed by atoms with E-state index >= 15 is 0 Å². The molecule has 1 atom stereocenters. The molecule has 7 heteroatoms. The van der Waals surface area contributed by atoms with Crippen molar-refractivity contribution in [3.8, 4) is 5.69 Å². The Morgan fingerprint density at radius 1 is 1.46 bits per heavy atom. The van der Waals surface area contributed by atoms with Gasteiger partial charge >= 0.3 is 0 Å². The lowest BCUT2D eigenvalue weighted by molar-refractivity contribution is -0.132. The third-order valence-electron chi connectivity index (χ3n) is 4.10. The molecule has 0 spiro atoms. The van der Waals surface area contributed by atoms with Crippen LogP contribution >= 0.6 is 11.6 Å². The molecule has 1 N–H and O–H groups in total. The lowest BCUT2D eigenvalue weighted by Crippen LogP contribution is -2.46. The topological polar surface area (TPSA) is 59.4 Å². The second-order valence-corrected chi connectivity index (χ2v) is 6.24. The molecule has 1 fully saturated rings. The molecule has 1 unspecified atom stereocenters. The van der Waals surface area contributed by atoms with E-state index in [9.17, 15) is 4.79 Å². The molecule has 24 heavy (non-hydrogen) atoms. The molecule has 6 nitrogen and oxygen atoms in total. The molecule has 3 rings (SSSR count). The number of halogens is 1. The zero-order chi connectivity index (χ0) is 17.1. The van der Waals surface area contributed by atoms with Crippen LogP contribution in [0.4, 0.5) is 5.69 Å². The smallest absolute Gasteiger partial charge is 0.254 e. The van der Waals surface area contributed by atoms with E-state index in [1.165, 1.54) is 0 Å². The number of para-hydroxylation sites is 1. The predicted octanol–water partition coefficient (Wildman–Crippen LogP) is 2.36. The molecular formula is C17H21ClN4O2. The van der Waals surface area contributed by atoms with Crippen molar-refractivity contribution in [3.05, 3.63) is 41.2 Å². The van der Waals surface area contributed by atoms with Crippen LogP contribution in [0, 0.1) is 0 Å². The number of hydrogen-bond donors (Lipinski definition) is 1. The van der Waals surface area contributed by atoms with Crippen molar-refractivity contribution >= 4 is 23.2 Å². The van der Waals surface area contributed by atoms with Crippen LogP contribution in [-0.4, -0.2) is 53.4 Å². The summed E-state index contributed by atoms with van der Waals surface area (Å²) in [4.78, 5) is 14.6. The number of amides is 1. The molecule has 1 saturated heterocycles. The van der Waals surface area contributed by atoms with E-state index in [2.05, 4.69) is 15.3 Å². The SMILES string of the molecule is CCc1c(NC(=O)C2CN(C)CCO2)cnn1-c1ccccc1Cl. The van der Waals surface area contributed by atoms with Gasteiger partial charge in [-0.15, -0.1) is 0 Å². The van der Waals surface area contributed by atoms with Gasteiger partial charge in [0.15, 0.2) is 0 Å². The fourth-order valence-electron chi connectivity index (χ4n) is 2.80. The zero-order valence-electron chi connectivity index (χ0n) is 13.8. The molecule has 0 saturated carbocycles. The summed E-state index contributed by atoms with van der Waals surface area (Å²) in [6, 6.07) is 7.51. The number of carbonyl (C=O) groups excluding carboxylic acids is 1. The number of rotatable bonds is 4. The van der Waals surface area contributed by atoms with Crippen molar-refractivity contribution in [1.29, 1.82) is 0 Å². The Kier molecular flexibility index (Phi) is 5.18. The van der Waals surface area contributed by atoms with Gasteiger partial charge in [0.1, 0.15) is 6.10 Å². The highest BCUT2D eigenvalue weighted by molar-refractivity contribution is 6.32. The number of ether oxygens (including phenoxy) is 1. The van der Waals surface area contributed by atoms with E-state index in [0.29, 0.717) is 30.3 Å². The lowest BCUT2D eigenvalue weighted by Gasteiger charge is -2.29. The van der Waals surface area contributed by atoms with Gasteiger partial charge in [0.05, 0.1) is 34.9 Å². The summed E-state index contributed by atoms with van der Waals surface area (Å²) < 4.78 is 7.33. The first-order valence-electron chi connectivity index (χ1n) is 8.03. The quantitative estimate of drug-likeness (QED) is 0.921. The highest BCUT2D eigenvalue weighted by Gasteiger charge is 2.26. The molecule has 0 aliphatic carbocycles. The zero-order valence-corrected chi connectivity index (χ0v) is 14.6. The van der Waals surface area contributed by atoms with Gasteiger partial charge in [-0.05, 0) is 25.6 Å². The molecule has 1 aromatic heterocycles. The summed E-state index contributed by atoms with van der Waals surface area (Å²) in [5.74, 6) is -0.144. The molecule has 2 heterocycles. The highest BCUT2D eigenvalue weighted by Crippen LogP contribution is 2.25. The van der Waals surface area contributed by atoms with Gasteiger partial charge in [0.2, 0.25) is 0 Å². The number of hydrogen-bond acceptors (Lipinski definition) is 4. The van der Waals surface area contributed by atoms with Crippen LogP contribution in [-0.2, 0) is 16.0 Å². The van der Waals surface area contributed by atoms with Crippen molar-refractivity contribution in [2.75, 3.05) is 32.1 Å². The molecule has 0 radical (unpaired) electrons. The summed E-state index contributed by atoms with van der Waals surface area (Å²) in [6.07, 6.45) is 1.91. The van der Waals surface area contributed by atoms with Crippen molar-refractivity contribution < 1.29 is 9.53 Å². The Morgan fingerprint density at radius 2 is 2.25 bits per heavy atom. The molecule has 0 bridgehead atoms. The molecule has 1 aliphatic heterocycles. The van der Waals surface area contributed by atoms with Gasteiger partial charge in [-0.1, -0.05) is 30.7 Å². The maximum Gasteiger partial charge on any atom is 0.254 e. The lowest BCUT2D eigenvalue weighted by atomic mass is 10.2. The molecular weight excluding hydrogens is 328 g/mol. The number of carbonyl (C=O) groups is 1. The third-order valence-corrected chi connectivity index (χ3v) is 4.42. The minimum absolute atomic E-state index is 0.144. The summed E-state index contributed by atoms with van der Waals surface area (Å²) in [7, 11) is 1.98. The van der Waals surface area contributed by atoms with Crippen molar-refractivity contribution in [1.82, 2.24) is 14.7 Å². The van der Waals surface area contributed by atoms with E-state index < -0.39 is 6.10 Å². The first kappa shape index (κ1) is 17.0. The van der Waals surface area contributed by atoms with Gasteiger partial charge in [-0.25, -0.2) is 4.68 Å². The number of likely N-dealkylation sites (N-methyl/N-ethyl adjacent to an activating group) is 1. The highest BCUT2D eigenvalue weighted by atomic mass is 35.5. The van der Waals surface area contributed by atoms with E-state index in [0.717, 1.165) is 17.9 Å². The number of nitrogens with zero attached hydrogens (tertiary/aromatic N) is 3. The van der Waals surface area contributed by atoms with Crippen molar-refractivity contribution in [3.63, 3.8) is 0 Å². The Bertz CT molecular complexity index is 731. The Hall–Kier alpha value is -1.89. The van der Waals surface area contributed by atoms with Crippen LogP contribution in [0.2, 0.25) is 5.02 Å². The number of morpholine rings is 1. The summed E-state index contributed by atoms with van der Waals surface area (Å²) in [6.45, 7) is 4.01. The van der Waals surface area contributed by atoms with Crippen LogP contribution in [0.15, 0.2) is 30.5 Å². The second kappa shape index (κ2) is 7.34. The number of aromatic nitrogens is 2. The van der Waals surface area contributed by atoms with Crippen molar-refractivity contribution in [2.45, 2.75) is 19.4 Å². The largest absolute Gasteiger partial charge is 0.366 e. The van der Waals surface area contributed by atoms with Crippen LogP contribution in [0.25, 0.3) is 5.69 Å². The molecule has 1 aromatic carbocycles. The minimum atomic E-state index is -0.461. The Morgan fingerprint density at radius 3 is 2.96 bits per heavy atom. The first-order chi connectivity index (χ1) is 11.6. The number of benzene rings is 1. The van der Waals surface area contributed by atoms with E-state index in [1.807, 2.05) is 38.2 Å². The minimum Gasteiger partial charge on any atom is -0.366 e. The van der Waals surface area contributed by atoms with Gasteiger partial charge < -0.3 is 15.0 Å². The fourth-order valence-corrected chi connectivity index (χ4v) is 3.01. The average Bonchev–Trinajstić information content (AvgIpc) is 2.97. The monoisotopic (exact) mass is 348 g/mol. The second-order valence-electron chi connectivity index (χ2n) is 5.83. The summed E-state index contributed by atoms with van der Waals surface area (Å²) in [5, 5.41) is 7.96. The molecule has 128 valence electrons. The van der Waals surface area contributed by atoms with Crippen LogP contribution in [0.1, 0.15) is 12.6 Å². The van der Waals surface area contributed by atoms with Gasteiger partial charge in [0.25, 0.3) is 5.91 Å². The first-order valence-corrected chi connectivity index (χ1v) is 8.40. The van der Waals surface area contributed by atoms with Crippen molar-refractivity contribution in [2.24, 2.45) is 0 Å².